The number of unbranched alkanes of at least 4 members (excludes halogenated alkanes) is 1. The lowest BCUT2D eigenvalue weighted by molar-refractivity contribution is -0.143. The number of aromatic nitrogens is 2. The molecule has 1 rings (SSSR count). The van der Waals surface area contributed by atoms with E-state index in [1.165, 1.54) is 7.11 Å². The molecule has 1 aromatic rings. The van der Waals surface area contributed by atoms with E-state index >= 15 is 0 Å². The number of halogens is 1. The number of anilines is 1. The summed E-state index contributed by atoms with van der Waals surface area (Å²) < 4.78 is 10.0. The Labute approximate surface area is 136 Å². The van der Waals surface area contributed by atoms with E-state index < -0.39 is 0 Å². The molecular weight excluding hydrogens is 327 g/mol. The molecule has 1 atom stereocenters. The first-order chi connectivity index (χ1) is 10.5. The summed E-state index contributed by atoms with van der Waals surface area (Å²) in [6.07, 6.45) is 1.85. The summed E-state index contributed by atoms with van der Waals surface area (Å²) in [6.45, 7) is 2.77. The van der Waals surface area contributed by atoms with Crippen molar-refractivity contribution in [2.24, 2.45) is 0 Å². The van der Waals surface area contributed by atoms with Crippen molar-refractivity contribution in [2.75, 3.05) is 25.6 Å². The lowest BCUT2D eigenvalue weighted by Gasteiger charge is -2.13. The second-order valence-electron chi connectivity index (χ2n) is 4.33. The van der Waals surface area contributed by atoms with Crippen LogP contribution in [0.4, 0.5) is 5.69 Å². The second-order valence-corrected chi connectivity index (χ2v) is 5.24. The quantitative estimate of drug-likeness (QED) is 0.234. The fraction of sp³-hybridized carbons (Fsp3) is 0.538. The topological polar surface area (TPSA) is 97.2 Å². The maximum atomic E-state index is 11.2. The minimum atomic E-state index is -0.192. The first kappa shape index (κ1) is 18.6. The maximum absolute atomic E-state index is 11.2. The Morgan fingerprint density at radius 2 is 2.14 bits per heavy atom. The van der Waals surface area contributed by atoms with E-state index in [1.54, 1.807) is 6.92 Å². The number of methoxy groups -OCH3 is 1. The fourth-order valence-corrected chi connectivity index (χ4v) is 2.13. The lowest BCUT2D eigenvalue weighted by atomic mass is 10.2. The normalized spacial score (nSPS) is 10.2. The van der Waals surface area contributed by atoms with Crippen LogP contribution < -0.4 is 10.1 Å². The summed E-state index contributed by atoms with van der Waals surface area (Å²) >= 11 is 5.81. The molecule has 0 saturated heterocycles. The van der Waals surface area contributed by atoms with Gasteiger partial charge in [0, 0.05) is 13.0 Å². The number of carbonyl (C=O) groups excluding carboxylic acids is 1. The molecule has 0 aromatic carbocycles. The molecule has 0 aliphatic rings. The summed E-state index contributed by atoms with van der Waals surface area (Å²) in [4.78, 5) is 19.2. The molecule has 1 aromatic heterocycles. The third-order valence-electron chi connectivity index (χ3n) is 2.71. The highest BCUT2D eigenvalue weighted by Crippen LogP contribution is 2.28. The van der Waals surface area contributed by atoms with E-state index in [9.17, 15) is 4.79 Å². The van der Waals surface area contributed by atoms with Gasteiger partial charge in [-0.1, -0.05) is 9.24 Å². The average molecular weight is 347 g/mol. The first-order valence-electron chi connectivity index (χ1n) is 6.85. The number of carbonyl (C=O) groups is 1. The van der Waals surface area contributed by atoms with Gasteiger partial charge < -0.3 is 14.8 Å². The molecular formula is C13H20ClN4O3P. The Morgan fingerprint density at radius 3 is 2.73 bits per heavy atom. The van der Waals surface area contributed by atoms with E-state index in [4.69, 9.17) is 26.5 Å². The van der Waals surface area contributed by atoms with Gasteiger partial charge in [0.1, 0.15) is 11.4 Å². The van der Waals surface area contributed by atoms with Crippen molar-refractivity contribution < 1.29 is 14.3 Å². The maximum Gasteiger partial charge on any atom is 0.305 e. The zero-order valence-electron chi connectivity index (χ0n) is 12.6. The predicted octanol–water partition coefficient (Wildman–Crippen LogP) is 2.48. The fourth-order valence-electron chi connectivity index (χ4n) is 1.76. The molecule has 1 heterocycles. The predicted molar refractivity (Wildman–Crippen MR) is 89.1 cm³/mol. The van der Waals surface area contributed by atoms with Crippen LogP contribution in [0, 0.1) is 5.41 Å². The van der Waals surface area contributed by atoms with Gasteiger partial charge in [-0.15, -0.1) is 0 Å². The van der Waals surface area contributed by atoms with Crippen LogP contribution in [0.2, 0.25) is 5.28 Å². The minimum Gasteiger partial charge on any atom is -0.479 e. The average Bonchev–Trinajstić information content (AvgIpc) is 2.47. The molecule has 9 heteroatoms. The van der Waals surface area contributed by atoms with E-state index in [-0.39, 0.29) is 22.6 Å². The lowest BCUT2D eigenvalue weighted by Crippen LogP contribution is -2.11. The number of esters is 1. The van der Waals surface area contributed by atoms with Gasteiger partial charge in [0.2, 0.25) is 11.2 Å². The molecule has 0 radical (unpaired) electrons. The number of nitrogens with zero attached hydrogens (tertiary/aromatic N) is 2. The molecule has 0 fully saturated rings. The van der Waals surface area contributed by atoms with Gasteiger partial charge in [-0.05, 0) is 31.4 Å². The van der Waals surface area contributed by atoms with Gasteiger partial charge in [-0.25, -0.2) is 4.98 Å². The van der Waals surface area contributed by atoms with Gasteiger partial charge in [-0.3, -0.25) is 10.2 Å². The van der Waals surface area contributed by atoms with E-state index in [0.717, 1.165) is 6.42 Å². The summed E-state index contributed by atoms with van der Waals surface area (Å²) in [7, 11) is 3.73. The molecule has 0 aliphatic carbocycles. The number of rotatable bonds is 9. The van der Waals surface area contributed by atoms with Crippen molar-refractivity contribution in [1.82, 2.24) is 9.97 Å². The monoisotopic (exact) mass is 346 g/mol. The molecule has 0 bridgehead atoms. The van der Waals surface area contributed by atoms with Gasteiger partial charge in [0.15, 0.2) is 0 Å². The largest absolute Gasteiger partial charge is 0.479 e. The Kier molecular flexibility index (Phi) is 8.06. The zero-order chi connectivity index (χ0) is 16.5. The first-order valence-corrected chi connectivity index (χ1v) is 7.80. The van der Waals surface area contributed by atoms with Gasteiger partial charge in [0.05, 0.1) is 19.2 Å². The molecule has 0 spiro atoms. The number of nitrogens with one attached hydrogen (secondary N) is 2. The highest BCUT2D eigenvalue weighted by molar-refractivity contribution is 7.41. The van der Waals surface area contributed by atoms with Crippen LogP contribution in [0.3, 0.4) is 0 Å². The molecule has 7 nitrogen and oxygen atoms in total. The van der Waals surface area contributed by atoms with E-state index in [1.807, 2.05) is 0 Å². The van der Waals surface area contributed by atoms with Gasteiger partial charge in [0.25, 0.3) is 0 Å². The third-order valence-corrected chi connectivity index (χ3v) is 3.15. The molecule has 2 N–H and O–H groups in total. The van der Waals surface area contributed by atoms with Crippen LogP contribution in [0.25, 0.3) is 0 Å². The highest BCUT2D eigenvalue weighted by Gasteiger charge is 2.16. The summed E-state index contributed by atoms with van der Waals surface area (Å²) in [5.74, 6) is 0.0925. The van der Waals surface area contributed by atoms with Gasteiger partial charge in [-0.2, -0.15) is 4.98 Å². The zero-order valence-corrected chi connectivity index (χ0v) is 14.5. The van der Waals surface area contributed by atoms with Crippen molar-refractivity contribution in [3.63, 3.8) is 0 Å². The summed E-state index contributed by atoms with van der Waals surface area (Å²) in [5.41, 5.74) is 1.06. The van der Waals surface area contributed by atoms with Crippen molar-refractivity contribution in [2.45, 2.75) is 26.2 Å². The summed E-state index contributed by atoms with van der Waals surface area (Å²) in [6, 6.07) is 0. The number of hydrogen-bond acceptors (Lipinski definition) is 7. The van der Waals surface area contributed by atoms with Crippen LogP contribution in [0.5, 0.6) is 5.88 Å². The van der Waals surface area contributed by atoms with Crippen LogP contribution >= 0.6 is 20.8 Å². The molecule has 0 saturated carbocycles. The SMILES string of the molecule is CCOC(=O)CCCCNc1c(OC)nc(Cl)nc1C(=N)P. The highest BCUT2D eigenvalue weighted by atomic mass is 35.5. The molecule has 1 unspecified atom stereocenters. The van der Waals surface area contributed by atoms with Crippen LogP contribution in [0.1, 0.15) is 31.9 Å². The Balaban J connectivity index is 2.61. The Bertz CT molecular complexity index is 542. The smallest absolute Gasteiger partial charge is 0.305 e. The minimum absolute atomic E-state index is 0.0203. The van der Waals surface area contributed by atoms with Crippen molar-refractivity contribution in [1.29, 1.82) is 5.41 Å². The Morgan fingerprint density at radius 1 is 1.41 bits per heavy atom. The summed E-state index contributed by atoms with van der Waals surface area (Å²) in [5, 5.41) is 10.9. The standard InChI is InChI=1S/C13H20ClN4O3P/c1-3-21-8(19)6-4-5-7-16-10-9(11(15)22)17-13(14)18-12(10)20-2/h15-16H,3-7,22H2,1-2H3. The number of hydrogen-bond donors (Lipinski definition) is 2. The van der Waals surface area contributed by atoms with Gasteiger partial charge >= 0.3 is 5.97 Å². The van der Waals surface area contributed by atoms with Crippen LogP contribution in [0.15, 0.2) is 0 Å². The number of ether oxygens (including phenoxy) is 2. The second kappa shape index (κ2) is 9.54. The molecule has 0 amide bonds. The molecule has 22 heavy (non-hydrogen) atoms. The van der Waals surface area contributed by atoms with Crippen molar-refractivity contribution in [3.05, 3.63) is 11.0 Å². The van der Waals surface area contributed by atoms with E-state index in [0.29, 0.717) is 37.4 Å². The molecule has 0 aliphatic heterocycles. The molecule has 122 valence electrons. The Hall–Kier alpha value is -1.46. The van der Waals surface area contributed by atoms with Crippen molar-refractivity contribution in [3.8, 4) is 5.88 Å². The van der Waals surface area contributed by atoms with Crippen LogP contribution in [-0.2, 0) is 9.53 Å². The van der Waals surface area contributed by atoms with Crippen LogP contribution in [-0.4, -0.2) is 41.7 Å². The third kappa shape index (κ3) is 5.73. The van der Waals surface area contributed by atoms with E-state index in [2.05, 4.69) is 24.5 Å². The van der Waals surface area contributed by atoms with Crippen molar-refractivity contribution >= 4 is 38.0 Å².